The molecule has 0 bridgehead atoms. The predicted molar refractivity (Wildman–Crippen MR) is 193 cm³/mol. The minimum atomic E-state index is -0.963. The molecule has 7 rings (SSSR count). The SMILES string of the molecule is CC(C)(C)[C@H](NC(=O)O[C@@H]1C[C@@H]2C[C@@H]2C1)C(=O)N1CC(Oc2cc(Sc3ncc[nH]3)nc3c(Cl)c(OCCN4CCOCC4)ccc23)C[C@H]1C(N)=O. The topological polar surface area (TPSA) is 174 Å². The number of nitrogens with zero attached hydrogens (tertiary/aromatic N) is 4. The first kappa shape index (κ1) is 36.6. The van der Waals surface area contributed by atoms with Crippen LogP contribution in [0, 0.1) is 17.3 Å². The van der Waals surface area contributed by atoms with Crippen molar-refractivity contribution in [2.75, 3.05) is 46.0 Å². The molecule has 6 atom stereocenters. The molecule has 280 valence electrons. The number of aromatic nitrogens is 3. The van der Waals surface area contributed by atoms with E-state index in [0.29, 0.717) is 69.3 Å². The highest BCUT2D eigenvalue weighted by atomic mass is 35.5. The number of nitrogens with two attached hydrogens (primary N) is 1. The molecule has 4 aliphatic rings. The first-order valence-corrected chi connectivity index (χ1v) is 19.1. The molecule has 52 heavy (non-hydrogen) atoms. The van der Waals surface area contributed by atoms with Crippen molar-refractivity contribution in [2.24, 2.45) is 23.0 Å². The Morgan fingerprint density at radius 1 is 1.12 bits per heavy atom. The van der Waals surface area contributed by atoms with E-state index in [-0.39, 0.29) is 19.1 Å². The van der Waals surface area contributed by atoms with Crippen LogP contribution in [-0.2, 0) is 19.1 Å². The second-order valence-electron chi connectivity index (χ2n) is 15.1. The van der Waals surface area contributed by atoms with E-state index in [4.69, 9.17) is 41.3 Å². The number of carbonyl (C=O) groups is 3. The average Bonchev–Trinajstić information content (AvgIpc) is 3.46. The van der Waals surface area contributed by atoms with E-state index in [9.17, 15) is 14.4 Å². The number of halogens is 1. The highest BCUT2D eigenvalue weighted by molar-refractivity contribution is 7.99. The molecule has 4 N–H and O–H groups in total. The van der Waals surface area contributed by atoms with Crippen LogP contribution >= 0.6 is 23.4 Å². The van der Waals surface area contributed by atoms with Crippen molar-refractivity contribution in [3.05, 3.63) is 35.6 Å². The van der Waals surface area contributed by atoms with Gasteiger partial charge in [-0.05, 0) is 60.4 Å². The summed E-state index contributed by atoms with van der Waals surface area (Å²) >= 11 is 8.25. The maximum Gasteiger partial charge on any atom is 0.408 e. The number of nitrogens with one attached hydrogen (secondary N) is 2. The fourth-order valence-corrected chi connectivity index (χ4v) is 8.41. The number of amides is 3. The lowest BCUT2D eigenvalue weighted by Gasteiger charge is -2.35. The van der Waals surface area contributed by atoms with Crippen LogP contribution in [0.4, 0.5) is 4.79 Å². The summed E-state index contributed by atoms with van der Waals surface area (Å²) in [5.74, 6) is 1.16. The van der Waals surface area contributed by atoms with Crippen LogP contribution in [0.3, 0.4) is 0 Å². The van der Waals surface area contributed by atoms with Crippen molar-refractivity contribution in [1.29, 1.82) is 0 Å². The lowest BCUT2D eigenvalue weighted by molar-refractivity contribution is -0.141. The maximum absolute atomic E-state index is 14.2. The molecule has 14 nitrogen and oxygen atoms in total. The number of morpholine rings is 1. The number of ether oxygens (including phenoxy) is 4. The monoisotopic (exact) mass is 755 g/mol. The van der Waals surface area contributed by atoms with Crippen molar-refractivity contribution < 1.29 is 33.3 Å². The van der Waals surface area contributed by atoms with Gasteiger partial charge in [-0.1, -0.05) is 32.4 Å². The summed E-state index contributed by atoms with van der Waals surface area (Å²) in [6.07, 6.45) is 5.09. The second-order valence-corrected chi connectivity index (χ2v) is 16.5. The lowest BCUT2D eigenvalue weighted by atomic mass is 9.85. The van der Waals surface area contributed by atoms with Gasteiger partial charge in [0, 0.05) is 49.9 Å². The molecular formula is C36H46ClN7O7S. The molecule has 0 spiro atoms. The highest BCUT2D eigenvalue weighted by Crippen LogP contribution is 2.52. The molecule has 1 aromatic carbocycles. The van der Waals surface area contributed by atoms with Gasteiger partial charge in [-0.15, -0.1) is 0 Å². The lowest BCUT2D eigenvalue weighted by Crippen LogP contribution is -2.57. The number of pyridine rings is 1. The Bertz CT molecular complexity index is 1770. The third-order valence-corrected chi connectivity index (χ3v) is 11.5. The quantitative estimate of drug-likeness (QED) is 0.241. The summed E-state index contributed by atoms with van der Waals surface area (Å²) in [4.78, 5) is 55.9. The van der Waals surface area contributed by atoms with Crippen LogP contribution in [0.5, 0.6) is 11.5 Å². The Morgan fingerprint density at radius 3 is 2.58 bits per heavy atom. The zero-order valence-corrected chi connectivity index (χ0v) is 31.2. The molecule has 3 aromatic rings. The van der Waals surface area contributed by atoms with Crippen LogP contribution in [0.25, 0.3) is 10.9 Å². The summed E-state index contributed by atoms with van der Waals surface area (Å²) in [6.45, 7) is 9.94. The normalized spacial score (nSPS) is 25.1. The Labute approximate surface area is 311 Å². The molecule has 16 heteroatoms. The van der Waals surface area contributed by atoms with Crippen LogP contribution in [0.2, 0.25) is 5.02 Å². The van der Waals surface area contributed by atoms with E-state index < -0.39 is 41.5 Å². The van der Waals surface area contributed by atoms with Gasteiger partial charge in [0.25, 0.3) is 0 Å². The molecule has 2 aliphatic heterocycles. The predicted octanol–water partition coefficient (Wildman–Crippen LogP) is 4.25. The molecule has 2 aliphatic carbocycles. The fourth-order valence-electron chi connectivity index (χ4n) is 7.41. The van der Waals surface area contributed by atoms with Crippen LogP contribution in [0.1, 0.15) is 46.5 Å². The number of hydrogen-bond donors (Lipinski definition) is 3. The Balaban J connectivity index is 1.10. The number of likely N-dealkylation sites (tertiary alicyclic amines) is 1. The molecular weight excluding hydrogens is 710 g/mol. The number of rotatable bonds is 12. The average molecular weight is 756 g/mol. The molecule has 0 radical (unpaired) electrons. The minimum absolute atomic E-state index is 0.0721. The van der Waals surface area contributed by atoms with E-state index in [1.807, 2.05) is 26.8 Å². The summed E-state index contributed by atoms with van der Waals surface area (Å²) in [7, 11) is 0. The van der Waals surface area contributed by atoms with Gasteiger partial charge in [0.1, 0.15) is 52.4 Å². The number of benzene rings is 1. The smallest absolute Gasteiger partial charge is 0.408 e. The molecule has 2 saturated heterocycles. The zero-order valence-electron chi connectivity index (χ0n) is 29.6. The number of fused-ring (bicyclic) bond motifs is 2. The Kier molecular flexibility index (Phi) is 10.7. The number of primary amides is 1. The standard InChI is InChI=1S/C36H46ClN7O7S/c1-36(2,3)31(42-35(47)51-22-15-20-14-21(20)16-22)33(46)44-19-23(17-25(44)32(38)45)50-27-18-28(52-34-39-6-7-40-34)41-30-24(27)4-5-26(29(30)37)49-13-10-43-8-11-48-12-9-43/h4-7,18,20-23,25,31H,8-17,19H2,1-3H3,(H2,38,45)(H,39,40)(H,42,47)/t20-,21+,22+,23?,25-,31+/m0/s1. The van der Waals surface area contributed by atoms with E-state index in [0.717, 1.165) is 32.5 Å². The van der Waals surface area contributed by atoms with E-state index in [2.05, 4.69) is 20.2 Å². The minimum Gasteiger partial charge on any atom is -0.491 e. The van der Waals surface area contributed by atoms with Crippen LogP contribution in [-0.4, -0.2) is 113 Å². The molecule has 1 unspecified atom stereocenters. The van der Waals surface area contributed by atoms with Gasteiger partial charge in [0.05, 0.1) is 25.3 Å². The number of alkyl carbamates (subject to hydrolysis) is 1. The summed E-state index contributed by atoms with van der Waals surface area (Å²) < 4.78 is 23.9. The van der Waals surface area contributed by atoms with Gasteiger partial charge < -0.3 is 39.9 Å². The molecule has 3 amide bonds. The number of hydrogen-bond acceptors (Lipinski definition) is 11. The van der Waals surface area contributed by atoms with Crippen molar-refractivity contribution in [2.45, 2.75) is 80.9 Å². The van der Waals surface area contributed by atoms with E-state index in [1.54, 1.807) is 24.5 Å². The number of H-pyrrole nitrogens is 1. The van der Waals surface area contributed by atoms with Gasteiger partial charge in [-0.2, -0.15) is 0 Å². The van der Waals surface area contributed by atoms with E-state index in [1.165, 1.54) is 23.1 Å². The van der Waals surface area contributed by atoms with Crippen LogP contribution in [0.15, 0.2) is 40.8 Å². The van der Waals surface area contributed by atoms with Crippen molar-refractivity contribution in [3.8, 4) is 11.5 Å². The third-order valence-electron chi connectivity index (χ3n) is 10.3. The van der Waals surface area contributed by atoms with Gasteiger partial charge >= 0.3 is 6.09 Å². The summed E-state index contributed by atoms with van der Waals surface area (Å²) in [6, 6.07) is 3.52. The largest absolute Gasteiger partial charge is 0.491 e. The van der Waals surface area contributed by atoms with Gasteiger partial charge in [0.15, 0.2) is 5.16 Å². The molecule has 2 aromatic heterocycles. The van der Waals surface area contributed by atoms with Crippen molar-refractivity contribution in [1.82, 2.24) is 30.1 Å². The van der Waals surface area contributed by atoms with Gasteiger partial charge in [0.2, 0.25) is 11.8 Å². The van der Waals surface area contributed by atoms with E-state index >= 15 is 0 Å². The van der Waals surface area contributed by atoms with Gasteiger partial charge in [-0.3, -0.25) is 14.5 Å². The number of imidazole rings is 1. The van der Waals surface area contributed by atoms with Crippen molar-refractivity contribution >= 4 is 52.2 Å². The Hall–Kier alpha value is -3.79. The molecule has 2 saturated carbocycles. The molecule has 4 fully saturated rings. The molecule has 4 heterocycles. The first-order chi connectivity index (χ1) is 24.9. The van der Waals surface area contributed by atoms with Gasteiger partial charge in [-0.25, -0.2) is 14.8 Å². The number of aromatic amines is 1. The first-order valence-electron chi connectivity index (χ1n) is 17.9. The van der Waals surface area contributed by atoms with Crippen molar-refractivity contribution in [3.63, 3.8) is 0 Å². The van der Waals surface area contributed by atoms with Crippen LogP contribution < -0.4 is 20.5 Å². The maximum atomic E-state index is 14.2. The summed E-state index contributed by atoms with van der Waals surface area (Å²) in [5.41, 5.74) is 5.66. The summed E-state index contributed by atoms with van der Waals surface area (Å²) in [5, 5.41) is 4.98. The third kappa shape index (κ3) is 8.37. The number of carbonyl (C=O) groups excluding carboxylic acids is 3. The zero-order chi connectivity index (χ0) is 36.6. The Morgan fingerprint density at radius 2 is 1.88 bits per heavy atom. The second kappa shape index (κ2) is 15.3. The highest BCUT2D eigenvalue weighted by Gasteiger charge is 2.48. The fraction of sp³-hybridized carbons (Fsp3) is 0.583.